The Hall–Kier alpha value is -2.75. The maximum Gasteiger partial charge on any atom is 0.264 e. The summed E-state index contributed by atoms with van der Waals surface area (Å²) in [5.41, 5.74) is 2.57. The first-order chi connectivity index (χ1) is 13.4. The second-order valence-electron chi connectivity index (χ2n) is 6.32. The van der Waals surface area contributed by atoms with E-state index in [0.29, 0.717) is 22.2 Å². The number of halogens is 1. The van der Waals surface area contributed by atoms with Gasteiger partial charge in [0.1, 0.15) is 16.7 Å². The van der Waals surface area contributed by atoms with Gasteiger partial charge in [0.2, 0.25) is 5.91 Å². The highest BCUT2D eigenvalue weighted by Crippen LogP contribution is 2.42. The number of amides is 2. The zero-order valence-electron chi connectivity index (χ0n) is 15.4. The average molecular weight is 412 g/mol. The average Bonchev–Trinajstić information content (AvgIpc) is 3.00. The highest BCUT2D eigenvalue weighted by atomic mass is 35.5. The van der Waals surface area contributed by atoms with Gasteiger partial charge in [0.15, 0.2) is 0 Å². The Bertz CT molecular complexity index is 978. The van der Waals surface area contributed by atoms with Crippen LogP contribution in [-0.4, -0.2) is 24.1 Å². The number of aryl methyl sites for hydroxylation is 1. The summed E-state index contributed by atoms with van der Waals surface area (Å²) < 4.78 is 0. The number of nitrogens with one attached hydrogen (secondary N) is 1. The standard InChI is InChI=1S/C21H18ClN3O2S/c1-13-3-9-16(10-4-13)25-20(27)18(11-14-5-7-15(22)8-6-14)28-21(25)17(12-23)19(26)24-2/h3-10,18H,11H2,1-2H3,(H,24,26)/b21-17+/t18-/m0/s1. The predicted molar refractivity (Wildman–Crippen MR) is 112 cm³/mol. The Morgan fingerprint density at radius 2 is 1.86 bits per heavy atom. The second kappa shape index (κ2) is 8.51. The normalized spacial score (nSPS) is 18.0. The zero-order valence-corrected chi connectivity index (χ0v) is 17.0. The van der Waals surface area contributed by atoms with E-state index in [1.54, 1.807) is 12.1 Å². The maximum atomic E-state index is 13.2. The maximum absolute atomic E-state index is 13.2. The van der Waals surface area contributed by atoms with Crippen LogP contribution in [0.25, 0.3) is 0 Å². The van der Waals surface area contributed by atoms with Crippen LogP contribution >= 0.6 is 23.4 Å². The van der Waals surface area contributed by atoms with Crippen LogP contribution in [-0.2, 0) is 16.0 Å². The SMILES string of the molecule is CNC(=O)/C(C#N)=C1/S[C@@H](Cc2ccc(Cl)cc2)C(=O)N1c1ccc(C)cc1. The Morgan fingerprint density at radius 1 is 1.21 bits per heavy atom. The number of thioether (sulfide) groups is 1. The third-order valence-electron chi connectivity index (χ3n) is 4.36. The molecule has 1 saturated heterocycles. The first-order valence-corrected chi connectivity index (χ1v) is 9.88. The lowest BCUT2D eigenvalue weighted by molar-refractivity contribution is -0.117. The van der Waals surface area contributed by atoms with Crippen molar-refractivity contribution in [1.82, 2.24) is 5.32 Å². The molecule has 2 aromatic carbocycles. The third-order valence-corrected chi connectivity index (χ3v) is 5.87. The molecule has 5 nitrogen and oxygen atoms in total. The Kier molecular flexibility index (Phi) is 6.08. The highest BCUT2D eigenvalue weighted by Gasteiger charge is 2.40. The molecule has 142 valence electrons. The van der Waals surface area contributed by atoms with Gasteiger partial charge in [0, 0.05) is 17.8 Å². The summed E-state index contributed by atoms with van der Waals surface area (Å²) >= 11 is 7.18. The van der Waals surface area contributed by atoms with Crippen molar-refractivity contribution >= 4 is 40.9 Å². The van der Waals surface area contributed by atoms with E-state index in [1.807, 2.05) is 49.4 Å². The van der Waals surface area contributed by atoms with Gasteiger partial charge >= 0.3 is 0 Å². The number of carbonyl (C=O) groups is 2. The van der Waals surface area contributed by atoms with Crippen molar-refractivity contribution < 1.29 is 9.59 Å². The summed E-state index contributed by atoms with van der Waals surface area (Å²) in [7, 11) is 1.46. The molecule has 0 spiro atoms. The van der Waals surface area contributed by atoms with E-state index in [-0.39, 0.29) is 11.5 Å². The second-order valence-corrected chi connectivity index (χ2v) is 7.95. The number of rotatable bonds is 4. The van der Waals surface area contributed by atoms with Crippen molar-refractivity contribution in [3.8, 4) is 6.07 Å². The van der Waals surface area contributed by atoms with Gasteiger partial charge in [-0.05, 0) is 43.2 Å². The molecular weight excluding hydrogens is 394 g/mol. The summed E-state index contributed by atoms with van der Waals surface area (Å²) in [6.45, 7) is 1.95. The number of likely N-dealkylation sites (N-methyl/N-ethyl adjacent to an activating group) is 1. The molecule has 1 aliphatic rings. The fraction of sp³-hybridized carbons (Fsp3) is 0.190. The minimum atomic E-state index is -0.512. The highest BCUT2D eigenvalue weighted by molar-refractivity contribution is 8.05. The van der Waals surface area contributed by atoms with E-state index >= 15 is 0 Å². The molecule has 1 heterocycles. The van der Waals surface area contributed by atoms with Crippen LogP contribution in [0, 0.1) is 18.3 Å². The summed E-state index contributed by atoms with van der Waals surface area (Å²) in [6, 6.07) is 16.7. The predicted octanol–water partition coefficient (Wildman–Crippen LogP) is 3.82. The summed E-state index contributed by atoms with van der Waals surface area (Å²) in [5, 5.41) is 12.6. The van der Waals surface area contributed by atoms with Crippen molar-refractivity contribution in [3.05, 3.63) is 75.3 Å². The van der Waals surface area contributed by atoms with Crippen molar-refractivity contribution in [2.45, 2.75) is 18.6 Å². The van der Waals surface area contributed by atoms with Gasteiger partial charge in [0.25, 0.3) is 5.91 Å². The minimum absolute atomic E-state index is 0.0694. The van der Waals surface area contributed by atoms with Crippen LogP contribution in [0.4, 0.5) is 5.69 Å². The van der Waals surface area contributed by atoms with Gasteiger partial charge in [-0.15, -0.1) is 0 Å². The number of nitriles is 1. The first-order valence-electron chi connectivity index (χ1n) is 8.62. The Balaban J connectivity index is 2.03. The Morgan fingerprint density at radius 3 is 2.43 bits per heavy atom. The molecule has 0 saturated carbocycles. The number of hydrogen-bond acceptors (Lipinski definition) is 4. The van der Waals surface area contributed by atoms with E-state index < -0.39 is 11.2 Å². The molecule has 1 N–H and O–H groups in total. The first kappa shape index (κ1) is 20.0. The van der Waals surface area contributed by atoms with Crippen LogP contribution in [0.15, 0.2) is 59.1 Å². The molecule has 0 radical (unpaired) electrons. The number of nitrogens with zero attached hydrogens (tertiary/aromatic N) is 2. The quantitative estimate of drug-likeness (QED) is 0.613. The summed E-state index contributed by atoms with van der Waals surface area (Å²) in [6.07, 6.45) is 0.471. The molecule has 1 fully saturated rings. The van der Waals surface area contributed by atoms with Gasteiger partial charge in [-0.25, -0.2) is 0 Å². The molecule has 0 aromatic heterocycles. The molecule has 7 heteroatoms. The van der Waals surface area contributed by atoms with E-state index in [0.717, 1.165) is 11.1 Å². The molecule has 0 bridgehead atoms. The van der Waals surface area contributed by atoms with Crippen LogP contribution in [0.2, 0.25) is 5.02 Å². The lowest BCUT2D eigenvalue weighted by atomic mass is 10.1. The topological polar surface area (TPSA) is 73.2 Å². The van der Waals surface area contributed by atoms with E-state index in [2.05, 4.69) is 5.32 Å². The number of benzene rings is 2. The lowest BCUT2D eigenvalue weighted by Crippen LogP contribution is -2.31. The van der Waals surface area contributed by atoms with Gasteiger partial charge < -0.3 is 5.32 Å². The van der Waals surface area contributed by atoms with Gasteiger partial charge in [-0.2, -0.15) is 5.26 Å². The molecule has 3 rings (SSSR count). The fourth-order valence-corrected chi connectivity index (χ4v) is 4.31. The third kappa shape index (κ3) is 4.06. The molecule has 0 aliphatic carbocycles. The Labute approximate surface area is 173 Å². The van der Waals surface area contributed by atoms with Gasteiger partial charge in [-0.1, -0.05) is 53.2 Å². The largest absolute Gasteiger partial charge is 0.354 e. The van der Waals surface area contributed by atoms with Crippen molar-refractivity contribution in [1.29, 1.82) is 5.26 Å². The van der Waals surface area contributed by atoms with E-state index in [9.17, 15) is 14.9 Å². The number of carbonyl (C=O) groups excluding carboxylic acids is 2. The molecule has 0 unspecified atom stereocenters. The monoisotopic (exact) mass is 411 g/mol. The van der Waals surface area contributed by atoms with E-state index in [4.69, 9.17) is 11.6 Å². The van der Waals surface area contributed by atoms with Crippen LogP contribution in [0.1, 0.15) is 11.1 Å². The summed E-state index contributed by atoms with van der Waals surface area (Å²) in [5.74, 6) is -0.669. The molecule has 1 atom stereocenters. The van der Waals surface area contributed by atoms with E-state index in [1.165, 1.54) is 23.7 Å². The van der Waals surface area contributed by atoms with Gasteiger partial charge in [-0.3, -0.25) is 14.5 Å². The number of hydrogen-bond donors (Lipinski definition) is 1. The zero-order chi connectivity index (χ0) is 20.3. The minimum Gasteiger partial charge on any atom is -0.354 e. The molecule has 2 aromatic rings. The lowest BCUT2D eigenvalue weighted by Gasteiger charge is -2.18. The summed E-state index contributed by atoms with van der Waals surface area (Å²) in [4.78, 5) is 26.9. The van der Waals surface area contributed by atoms with Gasteiger partial charge in [0.05, 0.1) is 5.25 Å². The van der Waals surface area contributed by atoms with Crippen LogP contribution < -0.4 is 10.2 Å². The van der Waals surface area contributed by atoms with Crippen LogP contribution in [0.3, 0.4) is 0 Å². The number of anilines is 1. The van der Waals surface area contributed by atoms with Crippen molar-refractivity contribution in [3.63, 3.8) is 0 Å². The molecular formula is C21H18ClN3O2S. The molecule has 1 aliphatic heterocycles. The van der Waals surface area contributed by atoms with Crippen molar-refractivity contribution in [2.75, 3.05) is 11.9 Å². The molecule has 2 amide bonds. The van der Waals surface area contributed by atoms with Crippen LogP contribution in [0.5, 0.6) is 0 Å². The van der Waals surface area contributed by atoms with Crippen molar-refractivity contribution in [2.24, 2.45) is 0 Å². The fourth-order valence-electron chi connectivity index (χ4n) is 2.88. The molecule has 28 heavy (non-hydrogen) atoms. The smallest absolute Gasteiger partial charge is 0.264 e.